The lowest BCUT2D eigenvalue weighted by Gasteiger charge is -2.43. The maximum atomic E-state index is 13.4. The molecule has 3 aromatic carbocycles. The van der Waals surface area contributed by atoms with E-state index in [2.05, 4.69) is 15.6 Å². The van der Waals surface area contributed by atoms with Gasteiger partial charge in [0.25, 0.3) is 0 Å². The van der Waals surface area contributed by atoms with Crippen molar-refractivity contribution in [2.45, 2.75) is 38.2 Å². The van der Waals surface area contributed by atoms with Crippen LogP contribution in [0.1, 0.15) is 17.5 Å². The van der Waals surface area contributed by atoms with Gasteiger partial charge in [-0.2, -0.15) is 0 Å². The summed E-state index contributed by atoms with van der Waals surface area (Å²) in [5.74, 6) is -1.17. The fraction of sp³-hybridized carbons (Fsp3) is 0.222. The highest BCUT2D eigenvalue weighted by molar-refractivity contribution is 5.98. The molecule has 0 saturated carbocycles. The minimum atomic E-state index is -0.877. The van der Waals surface area contributed by atoms with Gasteiger partial charge in [-0.25, -0.2) is 9.48 Å². The number of carbonyl (C=O) groups excluding carboxylic acids is 3. The van der Waals surface area contributed by atoms with Crippen molar-refractivity contribution in [3.63, 3.8) is 0 Å². The standard InChI is InChI=1S/C27H25N5O4/c33-25-16-24(27(35)36-17-20-11-5-2-6-12-20)32(25)23(15-19-9-3-1-4-10-19)26(34)28-18-31-22-14-8-7-13-21(22)29-30-31/h1-14,23-24H,15-18H2,(H,28,34). The predicted molar refractivity (Wildman–Crippen MR) is 131 cm³/mol. The summed E-state index contributed by atoms with van der Waals surface area (Å²) in [5, 5.41) is 11.1. The summed E-state index contributed by atoms with van der Waals surface area (Å²) in [7, 11) is 0. The second kappa shape index (κ2) is 10.4. The molecule has 0 bridgehead atoms. The fourth-order valence-electron chi connectivity index (χ4n) is 4.30. The summed E-state index contributed by atoms with van der Waals surface area (Å²) in [6.07, 6.45) is 0.277. The van der Waals surface area contributed by atoms with Crippen LogP contribution in [0.5, 0.6) is 0 Å². The minimum absolute atomic E-state index is 0.0138. The van der Waals surface area contributed by atoms with Crippen LogP contribution in [0.15, 0.2) is 84.9 Å². The van der Waals surface area contributed by atoms with Gasteiger partial charge in [-0.15, -0.1) is 5.10 Å². The number of fused-ring (bicyclic) bond motifs is 1. The third-order valence-electron chi connectivity index (χ3n) is 6.22. The molecule has 5 rings (SSSR count). The molecule has 4 aromatic rings. The largest absolute Gasteiger partial charge is 0.459 e. The molecule has 0 aliphatic carbocycles. The molecule has 36 heavy (non-hydrogen) atoms. The number of hydrogen-bond acceptors (Lipinski definition) is 6. The molecule has 2 amide bonds. The van der Waals surface area contributed by atoms with E-state index in [9.17, 15) is 14.4 Å². The number of aromatic nitrogens is 3. The average molecular weight is 484 g/mol. The molecule has 2 heterocycles. The van der Waals surface area contributed by atoms with Gasteiger partial charge in [0.15, 0.2) is 0 Å². The second-order valence-corrected chi connectivity index (χ2v) is 8.60. The Bertz CT molecular complexity index is 1370. The fourth-order valence-corrected chi connectivity index (χ4v) is 4.30. The molecule has 1 aromatic heterocycles. The Balaban J connectivity index is 1.31. The van der Waals surface area contributed by atoms with Crippen LogP contribution in [0.3, 0.4) is 0 Å². The number of esters is 1. The van der Waals surface area contributed by atoms with Crippen LogP contribution < -0.4 is 5.32 Å². The van der Waals surface area contributed by atoms with Gasteiger partial charge in [-0.05, 0) is 23.3 Å². The van der Waals surface area contributed by atoms with E-state index in [1.807, 2.05) is 84.9 Å². The van der Waals surface area contributed by atoms with Crippen molar-refractivity contribution in [2.75, 3.05) is 0 Å². The van der Waals surface area contributed by atoms with Gasteiger partial charge in [0.05, 0.1) is 11.9 Å². The summed E-state index contributed by atoms with van der Waals surface area (Å²) in [6.45, 7) is 0.183. The van der Waals surface area contributed by atoms with E-state index in [-0.39, 0.29) is 37.9 Å². The van der Waals surface area contributed by atoms with E-state index in [4.69, 9.17) is 4.74 Å². The van der Waals surface area contributed by atoms with Gasteiger partial charge in [0.2, 0.25) is 11.8 Å². The Morgan fingerprint density at radius 2 is 1.61 bits per heavy atom. The highest BCUT2D eigenvalue weighted by Crippen LogP contribution is 2.26. The average Bonchev–Trinajstić information content (AvgIpc) is 3.33. The highest BCUT2D eigenvalue weighted by atomic mass is 16.5. The lowest BCUT2D eigenvalue weighted by atomic mass is 9.94. The summed E-state index contributed by atoms with van der Waals surface area (Å²) >= 11 is 0. The third-order valence-corrected chi connectivity index (χ3v) is 6.22. The number of carbonyl (C=O) groups is 3. The van der Waals surface area contributed by atoms with Crippen LogP contribution >= 0.6 is 0 Å². The SMILES string of the molecule is O=C(NCn1nnc2ccccc21)C(Cc1ccccc1)N1C(=O)CC1C(=O)OCc1ccccc1. The van der Waals surface area contributed by atoms with Crippen LogP contribution in [0.25, 0.3) is 11.0 Å². The predicted octanol–water partition coefficient (Wildman–Crippen LogP) is 2.46. The first-order chi connectivity index (χ1) is 17.6. The zero-order valence-electron chi connectivity index (χ0n) is 19.5. The van der Waals surface area contributed by atoms with Gasteiger partial charge in [-0.1, -0.05) is 78.0 Å². The Hall–Kier alpha value is -4.53. The Morgan fingerprint density at radius 3 is 2.33 bits per heavy atom. The van der Waals surface area contributed by atoms with Gasteiger partial charge in [0, 0.05) is 6.42 Å². The molecule has 9 heteroatoms. The molecule has 1 saturated heterocycles. The number of nitrogens with one attached hydrogen (secondary N) is 1. The maximum absolute atomic E-state index is 13.4. The molecule has 0 radical (unpaired) electrons. The van der Waals surface area contributed by atoms with Gasteiger partial charge in [-0.3, -0.25) is 9.59 Å². The van der Waals surface area contributed by atoms with E-state index < -0.39 is 18.1 Å². The van der Waals surface area contributed by atoms with Crippen molar-refractivity contribution < 1.29 is 19.1 Å². The Kier molecular flexibility index (Phi) is 6.70. The number of ether oxygens (including phenoxy) is 1. The van der Waals surface area contributed by atoms with Crippen LogP contribution in [0.2, 0.25) is 0 Å². The number of amides is 2. The molecular formula is C27H25N5O4. The smallest absolute Gasteiger partial charge is 0.329 e. The number of hydrogen-bond donors (Lipinski definition) is 1. The highest BCUT2D eigenvalue weighted by Gasteiger charge is 2.48. The number of β-lactam (4-membered cyclic amide) rings is 1. The number of para-hydroxylation sites is 1. The summed E-state index contributed by atoms with van der Waals surface area (Å²) < 4.78 is 7.05. The Labute approximate surface area is 207 Å². The Morgan fingerprint density at radius 1 is 0.944 bits per heavy atom. The number of likely N-dealkylation sites (tertiary alicyclic amines) is 1. The third kappa shape index (κ3) is 4.95. The van der Waals surface area contributed by atoms with E-state index in [1.165, 1.54) is 4.90 Å². The molecule has 1 N–H and O–H groups in total. The van der Waals surface area contributed by atoms with E-state index in [1.54, 1.807) is 4.68 Å². The number of rotatable bonds is 9. The summed E-state index contributed by atoms with van der Waals surface area (Å²) in [4.78, 5) is 40.3. The van der Waals surface area contributed by atoms with Gasteiger partial charge in [0.1, 0.15) is 30.9 Å². The number of nitrogens with zero attached hydrogens (tertiary/aromatic N) is 4. The first-order valence-corrected chi connectivity index (χ1v) is 11.7. The second-order valence-electron chi connectivity index (χ2n) is 8.60. The lowest BCUT2D eigenvalue weighted by molar-refractivity contribution is -0.171. The molecule has 2 atom stereocenters. The van der Waals surface area contributed by atoms with Crippen molar-refractivity contribution in [3.05, 3.63) is 96.1 Å². The molecule has 1 aliphatic heterocycles. The van der Waals surface area contributed by atoms with Gasteiger partial charge >= 0.3 is 5.97 Å². The van der Waals surface area contributed by atoms with Crippen LogP contribution in [-0.4, -0.2) is 49.8 Å². The van der Waals surface area contributed by atoms with Crippen molar-refractivity contribution in [2.24, 2.45) is 0 Å². The number of benzene rings is 3. The first kappa shape index (κ1) is 23.2. The molecule has 2 unspecified atom stereocenters. The zero-order chi connectivity index (χ0) is 24.9. The lowest BCUT2D eigenvalue weighted by Crippen LogP contribution is -2.65. The zero-order valence-corrected chi connectivity index (χ0v) is 19.5. The molecule has 182 valence electrons. The van der Waals surface area contributed by atoms with Crippen molar-refractivity contribution in [1.29, 1.82) is 0 Å². The van der Waals surface area contributed by atoms with E-state index in [0.717, 1.165) is 16.6 Å². The minimum Gasteiger partial charge on any atom is -0.459 e. The van der Waals surface area contributed by atoms with Crippen molar-refractivity contribution in [3.8, 4) is 0 Å². The molecule has 1 aliphatic rings. The topological polar surface area (TPSA) is 106 Å². The summed E-state index contributed by atoms with van der Waals surface area (Å²) in [6, 6.07) is 24.5. The molecule has 0 spiro atoms. The van der Waals surface area contributed by atoms with Crippen LogP contribution in [0, 0.1) is 0 Å². The molecule has 1 fully saturated rings. The first-order valence-electron chi connectivity index (χ1n) is 11.7. The van der Waals surface area contributed by atoms with Gasteiger partial charge < -0.3 is 15.0 Å². The van der Waals surface area contributed by atoms with Crippen molar-refractivity contribution in [1.82, 2.24) is 25.2 Å². The summed E-state index contributed by atoms with van der Waals surface area (Å²) in [5.41, 5.74) is 3.22. The molecular weight excluding hydrogens is 458 g/mol. The maximum Gasteiger partial charge on any atom is 0.329 e. The quantitative estimate of drug-likeness (QED) is 0.290. The van der Waals surface area contributed by atoms with Crippen LogP contribution in [0.4, 0.5) is 0 Å². The molecule has 9 nitrogen and oxygen atoms in total. The van der Waals surface area contributed by atoms with E-state index >= 15 is 0 Å². The van der Waals surface area contributed by atoms with E-state index in [0.29, 0.717) is 5.52 Å². The van der Waals surface area contributed by atoms with Crippen molar-refractivity contribution >= 4 is 28.8 Å². The monoisotopic (exact) mass is 483 g/mol. The van der Waals surface area contributed by atoms with Crippen LogP contribution in [-0.2, 0) is 38.8 Å². The normalized spacial score (nSPS) is 15.8.